The summed E-state index contributed by atoms with van der Waals surface area (Å²) in [4.78, 5) is 28.7. The molecule has 1 atom stereocenters. The van der Waals surface area contributed by atoms with E-state index in [1.165, 1.54) is 0 Å². The predicted octanol–water partition coefficient (Wildman–Crippen LogP) is -0.255. The van der Waals surface area contributed by atoms with Crippen LogP contribution in [-0.4, -0.2) is 38.1 Å². The smallest absolute Gasteiger partial charge is 0.321 e. The topological polar surface area (TPSA) is 81.0 Å². The van der Waals surface area contributed by atoms with Gasteiger partial charge in [0.1, 0.15) is 6.04 Å². The van der Waals surface area contributed by atoms with Crippen molar-refractivity contribution < 1.29 is 19.7 Å². The Hall–Kier alpha value is -0.0000000000000000833. The van der Waals surface area contributed by atoms with Crippen molar-refractivity contribution in [1.29, 1.82) is 0 Å². The highest BCUT2D eigenvalue weighted by atomic mass is 32.5. The Morgan fingerprint density at radius 1 is 1.58 bits per heavy atom. The van der Waals surface area contributed by atoms with E-state index in [0.29, 0.717) is 19.4 Å². The molecule has 0 aromatic carbocycles. The molecule has 0 saturated carbocycles. The number of carbonyl (C=O) groups is 1. The lowest BCUT2D eigenvalue weighted by Crippen LogP contribution is -2.33. The van der Waals surface area contributed by atoms with Crippen molar-refractivity contribution in [1.82, 2.24) is 4.67 Å². The number of rotatable bonds is 2. The average molecular weight is 211 g/mol. The van der Waals surface area contributed by atoms with Gasteiger partial charge in [0.15, 0.2) is 0 Å². The van der Waals surface area contributed by atoms with Crippen molar-refractivity contribution in [2.24, 2.45) is 0 Å². The molecule has 7 heteroatoms. The van der Waals surface area contributed by atoms with Crippen LogP contribution in [0.3, 0.4) is 0 Å². The van der Waals surface area contributed by atoms with Gasteiger partial charge in [0.05, 0.1) is 0 Å². The molecule has 0 aromatic rings. The normalized spacial score (nSPS) is 26.0. The quantitative estimate of drug-likeness (QED) is 0.546. The van der Waals surface area contributed by atoms with E-state index < -0.39 is 18.7 Å². The molecule has 0 unspecified atom stereocenters. The highest BCUT2D eigenvalue weighted by Crippen LogP contribution is 2.45. The second-order valence-corrected chi connectivity index (χ2v) is 5.68. The van der Waals surface area contributed by atoms with Crippen molar-refractivity contribution in [3.63, 3.8) is 0 Å². The van der Waals surface area contributed by atoms with Crippen LogP contribution >= 0.6 is 6.64 Å². The van der Waals surface area contributed by atoms with Gasteiger partial charge in [-0.2, -0.15) is 0 Å². The van der Waals surface area contributed by atoms with Crippen LogP contribution in [0.25, 0.3) is 0 Å². The van der Waals surface area contributed by atoms with Crippen molar-refractivity contribution in [2.75, 3.05) is 6.54 Å². The van der Waals surface area contributed by atoms with Gasteiger partial charge in [-0.15, -0.1) is 0 Å². The lowest BCUT2D eigenvalue weighted by Gasteiger charge is -2.24. The van der Waals surface area contributed by atoms with Crippen molar-refractivity contribution in [2.45, 2.75) is 18.9 Å². The summed E-state index contributed by atoms with van der Waals surface area (Å²) in [6.07, 6.45) is 1.09. The van der Waals surface area contributed by atoms with Crippen molar-refractivity contribution >= 4 is 24.4 Å². The molecule has 0 spiro atoms. The maximum absolute atomic E-state index is 10.6. The molecule has 1 aliphatic rings. The summed E-state index contributed by atoms with van der Waals surface area (Å²) in [7, 11) is 0. The first kappa shape index (κ1) is 10.1. The van der Waals surface area contributed by atoms with Gasteiger partial charge in [-0.3, -0.25) is 4.79 Å². The molecule has 1 fully saturated rings. The molecule has 0 aromatic heterocycles. The minimum Gasteiger partial charge on any atom is -0.480 e. The third-order valence-electron chi connectivity index (χ3n) is 1.84. The second-order valence-electron chi connectivity index (χ2n) is 2.67. The molecule has 0 bridgehead atoms. The monoisotopic (exact) mass is 211 g/mol. The Bertz CT molecular complexity index is 240. The van der Waals surface area contributed by atoms with Gasteiger partial charge in [-0.05, 0) is 24.6 Å². The number of nitrogens with zero attached hydrogens (tertiary/aromatic N) is 1. The molecule has 0 radical (unpaired) electrons. The van der Waals surface area contributed by atoms with E-state index in [9.17, 15) is 4.79 Å². The van der Waals surface area contributed by atoms with E-state index >= 15 is 0 Å². The van der Waals surface area contributed by atoms with E-state index in [1.54, 1.807) is 0 Å². The Balaban J connectivity index is 2.78. The van der Waals surface area contributed by atoms with Crippen molar-refractivity contribution in [3.8, 4) is 0 Å². The number of aliphatic carboxylic acids is 1. The number of hydrogen-bond acceptors (Lipinski definition) is 2. The minimum absolute atomic E-state index is 0.362. The van der Waals surface area contributed by atoms with Crippen LogP contribution in [0.15, 0.2) is 0 Å². The van der Waals surface area contributed by atoms with Crippen LogP contribution in [-0.2, 0) is 16.6 Å². The zero-order valence-electron chi connectivity index (χ0n) is 6.25. The standard InChI is InChI=1S/C5H10NO4PS/c7-5(8)4-2-1-3-6(4)11(9,10)12/h4H,1-3H2,(H,7,8)(H2,9,10,12)/t4-/m0/s1. The number of carboxylic acids is 1. The summed E-state index contributed by atoms with van der Waals surface area (Å²) >= 11 is 4.43. The van der Waals surface area contributed by atoms with Crippen LogP contribution in [0.1, 0.15) is 12.8 Å². The van der Waals surface area contributed by atoms with Crippen LogP contribution < -0.4 is 0 Å². The molecule has 3 N–H and O–H groups in total. The molecule has 1 heterocycles. The summed E-state index contributed by atoms with van der Waals surface area (Å²) in [5.74, 6) is -1.04. The minimum atomic E-state index is -3.54. The first-order valence-corrected chi connectivity index (χ1v) is 6.14. The third-order valence-corrected chi connectivity index (χ3v) is 3.62. The van der Waals surface area contributed by atoms with E-state index in [4.69, 9.17) is 14.9 Å². The average Bonchev–Trinajstić information content (AvgIpc) is 2.30. The fraction of sp³-hybridized carbons (Fsp3) is 0.800. The lowest BCUT2D eigenvalue weighted by atomic mass is 10.2. The Morgan fingerprint density at radius 3 is 2.50 bits per heavy atom. The second kappa shape index (κ2) is 3.40. The maximum atomic E-state index is 10.6. The lowest BCUT2D eigenvalue weighted by molar-refractivity contribution is -0.140. The van der Waals surface area contributed by atoms with Gasteiger partial charge in [0.2, 0.25) is 0 Å². The van der Waals surface area contributed by atoms with E-state index in [-0.39, 0.29) is 0 Å². The van der Waals surface area contributed by atoms with Gasteiger partial charge >= 0.3 is 5.97 Å². The zero-order valence-corrected chi connectivity index (χ0v) is 7.96. The first-order chi connectivity index (χ1) is 5.43. The molecule has 70 valence electrons. The highest BCUT2D eigenvalue weighted by Gasteiger charge is 2.37. The van der Waals surface area contributed by atoms with E-state index in [1.807, 2.05) is 0 Å². The SMILES string of the molecule is O=C(O)[C@@H]1CCCN1P(O)(O)=S. The molecular formula is C5H10NO4PS. The molecule has 12 heavy (non-hydrogen) atoms. The van der Waals surface area contributed by atoms with Crippen molar-refractivity contribution in [3.05, 3.63) is 0 Å². The molecular weight excluding hydrogens is 201 g/mol. The molecule has 1 aliphatic heterocycles. The third kappa shape index (κ3) is 2.02. The predicted molar refractivity (Wildman–Crippen MR) is 46.1 cm³/mol. The van der Waals surface area contributed by atoms with E-state index in [0.717, 1.165) is 4.67 Å². The van der Waals surface area contributed by atoms with Gasteiger partial charge in [0, 0.05) is 6.54 Å². The highest BCUT2D eigenvalue weighted by molar-refractivity contribution is 8.07. The number of carboxylic acid groups (broad SMARTS) is 1. The summed E-state index contributed by atoms with van der Waals surface area (Å²) in [5.41, 5.74) is 0. The molecule has 0 amide bonds. The van der Waals surface area contributed by atoms with Crippen LogP contribution in [0.2, 0.25) is 0 Å². The fourth-order valence-electron chi connectivity index (χ4n) is 1.31. The largest absolute Gasteiger partial charge is 0.480 e. The van der Waals surface area contributed by atoms with Gasteiger partial charge in [0.25, 0.3) is 6.64 Å². The maximum Gasteiger partial charge on any atom is 0.321 e. The Kier molecular flexibility index (Phi) is 2.85. The van der Waals surface area contributed by atoms with Gasteiger partial charge in [-0.1, -0.05) is 0 Å². The van der Waals surface area contributed by atoms with Crippen LogP contribution in [0.5, 0.6) is 0 Å². The van der Waals surface area contributed by atoms with Crippen LogP contribution in [0, 0.1) is 0 Å². The zero-order chi connectivity index (χ0) is 9.35. The molecule has 5 nitrogen and oxygen atoms in total. The fourth-order valence-corrected chi connectivity index (χ4v) is 2.88. The summed E-state index contributed by atoms with van der Waals surface area (Å²) in [5, 5.41) is 8.65. The van der Waals surface area contributed by atoms with E-state index in [2.05, 4.69) is 11.8 Å². The Labute approximate surface area is 74.8 Å². The molecule has 0 aliphatic carbocycles. The first-order valence-electron chi connectivity index (χ1n) is 3.48. The van der Waals surface area contributed by atoms with Gasteiger partial charge < -0.3 is 14.9 Å². The molecule has 1 saturated heterocycles. The summed E-state index contributed by atoms with van der Waals surface area (Å²) in [6, 6.07) is -0.814. The summed E-state index contributed by atoms with van der Waals surface area (Å²) < 4.78 is 1.10. The molecule has 1 rings (SSSR count). The van der Waals surface area contributed by atoms with Crippen LogP contribution in [0.4, 0.5) is 0 Å². The number of hydrogen-bond donors (Lipinski definition) is 3. The van der Waals surface area contributed by atoms with Gasteiger partial charge in [-0.25, -0.2) is 4.67 Å². The summed E-state index contributed by atoms with van der Waals surface area (Å²) in [6.45, 7) is -3.18. The Morgan fingerprint density at radius 2 is 2.17 bits per heavy atom.